The monoisotopic (exact) mass is 512 g/mol. The number of carbonyl (C=O) groups excluding carboxylic acids is 1. The molecule has 0 amide bonds. The Morgan fingerprint density at radius 1 is 1.34 bits per heavy atom. The lowest BCUT2D eigenvalue weighted by Gasteiger charge is -2.21. The Morgan fingerprint density at radius 3 is 2.72 bits per heavy atom. The number of hydrogen-bond donors (Lipinski definition) is 1. The molecule has 0 spiro atoms. The van der Waals surface area contributed by atoms with E-state index in [4.69, 9.17) is 9.15 Å². The molecule has 2 aromatic rings. The van der Waals surface area contributed by atoms with Crippen molar-refractivity contribution in [1.29, 1.82) is 0 Å². The van der Waals surface area contributed by atoms with Crippen LogP contribution in [0.3, 0.4) is 0 Å². The molecule has 0 bridgehead atoms. The standard InChI is InChI=1S/C21H28N4O3.HI/c1-5-22-21(25-12-15(3)17(13-25)20(26)27-4)24-11-19-23-10-18(28-19)16-8-6-14(2)7-9-16;/h6-10,15,17H,5,11-13H2,1-4H3,(H,22,24);1H. The Bertz CT molecular complexity index is 835. The van der Waals surface area contributed by atoms with Crippen LogP contribution in [-0.4, -0.2) is 48.6 Å². The molecule has 0 aliphatic carbocycles. The third-order valence-corrected chi connectivity index (χ3v) is 5.00. The summed E-state index contributed by atoms with van der Waals surface area (Å²) in [6.07, 6.45) is 1.73. The average molecular weight is 512 g/mol. The van der Waals surface area contributed by atoms with Crippen LogP contribution in [0.5, 0.6) is 0 Å². The maximum absolute atomic E-state index is 12.0. The number of methoxy groups -OCH3 is 1. The van der Waals surface area contributed by atoms with Crippen LogP contribution in [0.4, 0.5) is 0 Å². The van der Waals surface area contributed by atoms with Crippen LogP contribution in [0.2, 0.25) is 0 Å². The number of carbonyl (C=O) groups is 1. The van der Waals surface area contributed by atoms with Crippen LogP contribution in [-0.2, 0) is 16.1 Å². The molecule has 3 rings (SSSR count). The van der Waals surface area contributed by atoms with Gasteiger partial charge in [0.2, 0.25) is 5.89 Å². The molecule has 1 aliphatic rings. The molecule has 2 unspecified atom stereocenters. The molecule has 2 atom stereocenters. The van der Waals surface area contributed by atoms with E-state index in [1.165, 1.54) is 12.7 Å². The SMILES string of the molecule is CCNC(=NCc1ncc(-c2ccc(C)cc2)o1)N1CC(C)C(C(=O)OC)C1.I. The number of likely N-dealkylation sites (tertiary alicyclic amines) is 1. The van der Waals surface area contributed by atoms with Gasteiger partial charge in [-0.05, 0) is 19.8 Å². The van der Waals surface area contributed by atoms with Crippen LogP contribution >= 0.6 is 24.0 Å². The minimum Gasteiger partial charge on any atom is -0.469 e. The molecule has 1 aromatic carbocycles. The summed E-state index contributed by atoms with van der Waals surface area (Å²) in [7, 11) is 1.44. The van der Waals surface area contributed by atoms with Gasteiger partial charge in [-0.2, -0.15) is 0 Å². The lowest BCUT2D eigenvalue weighted by molar-refractivity contribution is -0.145. The highest BCUT2D eigenvalue weighted by Crippen LogP contribution is 2.25. The fraction of sp³-hybridized carbons (Fsp3) is 0.476. The minimum atomic E-state index is -0.165. The Balaban J connectivity index is 0.00000300. The lowest BCUT2D eigenvalue weighted by Crippen LogP contribution is -2.40. The zero-order valence-corrected chi connectivity index (χ0v) is 19.7. The number of esters is 1. The first-order chi connectivity index (χ1) is 13.5. The second-order valence-corrected chi connectivity index (χ2v) is 7.17. The van der Waals surface area contributed by atoms with E-state index >= 15 is 0 Å². The number of aliphatic imine (C=N–C) groups is 1. The van der Waals surface area contributed by atoms with Crippen molar-refractivity contribution in [3.05, 3.63) is 41.9 Å². The first-order valence-corrected chi connectivity index (χ1v) is 9.64. The smallest absolute Gasteiger partial charge is 0.310 e. The number of guanidine groups is 1. The quantitative estimate of drug-likeness (QED) is 0.286. The van der Waals surface area contributed by atoms with Crippen molar-refractivity contribution in [1.82, 2.24) is 15.2 Å². The summed E-state index contributed by atoms with van der Waals surface area (Å²) in [5.41, 5.74) is 2.20. The molecule has 1 fully saturated rings. The third kappa shape index (κ3) is 5.71. The number of aryl methyl sites for hydroxylation is 1. The lowest BCUT2D eigenvalue weighted by atomic mass is 9.99. The molecule has 8 heteroatoms. The molecule has 1 aliphatic heterocycles. The molecule has 1 saturated heterocycles. The van der Waals surface area contributed by atoms with Crippen molar-refractivity contribution in [3.63, 3.8) is 0 Å². The molecule has 1 N–H and O–H groups in total. The van der Waals surface area contributed by atoms with Gasteiger partial charge in [0, 0.05) is 25.2 Å². The van der Waals surface area contributed by atoms with Gasteiger partial charge >= 0.3 is 5.97 Å². The Labute approximate surface area is 188 Å². The highest BCUT2D eigenvalue weighted by Gasteiger charge is 2.36. The van der Waals surface area contributed by atoms with E-state index in [9.17, 15) is 4.79 Å². The Morgan fingerprint density at radius 2 is 2.07 bits per heavy atom. The fourth-order valence-corrected chi connectivity index (χ4v) is 3.40. The number of hydrogen-bond acceptors (Lipinski definition) is 5. The summed E-state index contributed by atoms with van der Waals surface area (Å²) in [6, 6.07) is 8.13. The van der Waals surface area contributed by atoms with Crippen molar-refractivity contribution < 1.29 is 13.9 Å². The van der Waals surface area contributed by atoms with Crippen LogP contribution in [0, 0.1) is 18.8 Å². The highest BCUT2D eigenvalue weighted by atomic mass is 127. The van der Waals surface area contributed by atoms with Gasteiger partial charge in [0.05, 0.1) is 19.2 Å². The summed E-state index contributed by atoms with van der Waals surface area (Å²) in [6.45, 7) is 8.57. The zero-order chi connectivity index (χ0) is 20.1. The van der Waals surface area contributed by atoms with Gasteiger partial charge in [-0.3, -0.25) is 4.79 Å². The normalized spacial score (nSPS) is 19.0. The number of halogens is 1. The molecule has 29 heavy (non-hydrogen) atoms. The zero-order valence-electron chi connectivity index (χ0n) is 17.3. The maximum Gasteiger partial charge on any atom is 0.310 e. The van der Waals surface area contributed by atoms with E-state index < -0.39 is 0 Å². The second kappa shape index (κ2) is 10.6. The van der Waals surface area contributed by atoms with Gasteiger partial charge in [0.25, 0.3) is 0 Å². The van der Waals surface area contributed by atoms with Crippen molar-refractivity contribution in [2.75, 3.05) is 26.7 Å². The van der Waals surface area contributed by atoms with Gasteiger partial charge in [-0.15, -0.1) is 24.0 Å². The van der Waals surface area contributed by atoms with Gasteiger partial charge in [-0.25, -0.2) is 9.98 Å². The van der Waals surface area contributed by atoms with Crippen LogP contribution in [0.15, 0.2) is 39.9 Å². The fourth-order valence-electron chi connectivity index (χ4n) is 3.40. The van der Waals surface area contributed by atoms with Crippen molar-refractivity contribution >= 4 is 35.9 Å². The average Bonchev–Trinajstić information content (AvgIpc) is 3.32. The van der Waals surface area contributed by atoms with Gasteiger partial charge in [0.1, 0.15) is 6.54 Å². The molecule has 2 heterocycles. The summed E-state index contributed by atoms with van der Waals surface area (Å²) in [5, 5.41) is 3.29. The number of oxazole rings is 1. The van der Waals surface area contributed by atoms with Gasteiger partial charge < -0.3 is 19.4 Å². The van der Waals surface area contributed by atoms with Crippen molar-refractivity contribution in [2.24, 2.45) is 16.8 Å². The molecule has 0 saturated carbocycles. The van der Waals surface area contributed by atoms with Crippen molar-refractivity contribution in [2.45, 2.75) is 27.3 Å². The van der Waals surface area contributed by atoms with E-state index in [1.54, 1.807) is 6.20 Å². The molecular weight excluding hydrogens is 483 g/mol. The van der Waals surface area contributed by atoms with E-state index in [2.05, 4.69) is 34.0 Å². The minimum absolute atomic E-state index is 0. The molecule has 0 radical (unpaired) electrons. The van der Waals surface area contributed by atoms with Crippen LogP contribution in [0.1, 0.15) is 25.3 Å². The number of aromatic nitrogens is 1. The van der Waals surface area contributed by atoms with E-state index in [0.29, 0.717) is 19.0 Å². The molecule has 7 nitrogen and oxygen atoms in total. The maximum atomic E-state index is 12.0. The molecule has 1 aromatic heterocycles. The topological polar surface area (TPSA) is 80.0 Å². The predicted octanol–water partition coefficient (Wildman–Crippen LogP) is 3.47. The number of ether oxygens (including phenoxy) is 1. The predicted molar refractivity (Wildman–Crippen MR) is 123 cm³/mol. The number of nitrogens with one attached hydrogen (secondary N) is 1. The summed E-state index contributed by atoms with van der Waals surface area (Å²) in [4.78, 5) is 23.1. The second-order valence-electron chi connectivity index (χ2n) is 7.17. The van der Waals surface area contributed by atoms with Crippen LogP contribution < -0.4 is 5.32 Å². The highest BCUT2D eigenvalue weighted by molar-refractivity contribution is 14.0. The Kier molecular flexibility index (Phi) is 8.48. The third-order valence-electron chi connectivity index (χ3n) is 5.00. The van der Waals surface area contributed by atoms with Gasteiger partial charge in [0.15, 0.2) is 11.7 Å². The molecular formula is C21H29IN4O3. The van der Waals surface area contributed by atoms with E-state index in [1.807, 2.05) is 31.2 Å². The van der Waals surface area contributed by atoms with Crippen LogP contribution in [0.25, 0.3) is 11.3 Å². The number of nitrogens with zero attached hydrogens (tertiary/aromatic N) is 3. The summed E-state index contributed by atoms with van der Waals surface area (Å²) < 4.78 is 10.8. The van der Waals surface area contributed by atoms with E-state index in [0.717, 1.165) is 30.4 Å². The summed E-state index contributed by atoms with van der Waals surface area (Å²) in [5.74, 6) is 1.96. The number of rotatable bonds is 5. The first-order valence-electron chi connectivity index (χ1n) is 9.64. The van der Waals surface area contributed by atoms with Gasteiger partial charge in [-0.1, -0.05) is 36.8 Å². The largest absolute Gasteiger partial charge is 0.469 e. The summed E-state index contributed by atoms with van der Waals surface area (Å²) >= 11 is 0. The van der Waals surface area contributed by atoms with Crippen molar-refractivity contribution in [3.8, 4) is 11.3 Å². The first kappa shape index (κ1) is 23.2. The number of benzene rings is 1. The van der Waals surface area contributed by atoms with E-state index in [-0.39, 0.29) is 41.8 Å². The Hall–Kier alpha value is -2.10. The molecule has 158 valence electrons.